The Kier molecular flexibility index (Phi) is 2.69. The first kappa shape index (κ1) is 10.3. The second-order valence-electron chi connectivity index (χ2n) is 4.48. The average molecular weight is 239 g/mol. The summed E-state index contributed by atoms with van der Waals surface area (Å²) in [7, 11) is 0. The van der Waals surface area contributed by atoms with Gasteiger partial charge >= 0.3 is 0 Å². The zero-order valence-electron chi connectivity index (χ0n) is 9.14. The highest BCUT2D eigenvalue weighted by Gasteiger charge is 2.29. The second-order valence-corrected chi connectivity index (χ2v) is 4.87. The summed E-state index contributed by atoms with van der Waals surface area (Å²) < 4.78 is 0. The summed E-state index contributed by atoms with van der Waals surface area (Å²) in [5.74, 6) is 0.971. The molecule has 3 aliphatic rings. The lowest BCUT2D eigenvalue weighted by Gasteiger charge is -2.31. The molecule has 0 radical (unpaired) electrons. The lowest BCUT2D eigenvalue weighted by molar-refractivity contribution is 0.250. The molecule has 0 aliphatic carbocycles. The fourth-order valence-corrected chi connectivity index (χ4v) is 2.75. The van der Waals surface area contributed by atoms with Crippen molar-refractivity contribution >= 4 is 17.4 Å². The second kappa shape index (κ2) is 4.18. The molecule has 4 rings (SSSR count). The minimum atomic E-state index is 0.464. The van der Waals surface area contributed by atoms with Gasteiger partial charge in [-0.3, -0.25) is 0 Å². The quantitative estimate of drug-likeness (QED) is 0.741. The maximum atomic E-state index is 5.76. The van der Waals surface area contributed by atoms with E-state index in [2.05, 4.69) is 20.0 Å². The van der Waals surface area contributed by atoms with Crippen molar-refractivity contribution in [1.82, 2.24) is 15.1 Å². The Balaban J connectivity index is 1.85. The first-order valence-corrected chi connectivity index (χ1v) is 6.19. The van der Waals surface area contributed by atoms with E-state index < -0.39 is 0 Å². The van der Waals surface area contributed by atoms with Gasteiger partial charge < -0.3 is 9.80 Å². The van der Waals surface area contributed by atoms with E-state index in [0.29, 0.717) is 11.2 Å². The maximum Gasteiger partial charge on any atom is 0.151 e. The number of nitrogens with zero attached hydrogens (tertiary/aromatic N) is 4. The number of rotatable bonds is 1. The van der Waals surface area contributed by atoms with E-state index in [1.807, 2.05) is 12.1 Å². The molecule has 5 heteroatoms. The van der Waals surface area contributed by atoms with Crippen LogP contribution in [0, 0.1) is 0 Å². The van der Waals surface area contributed by atoms with E-state index in [-0.39, 0.29) is 0 Å². The lowest BCUT2D eigenvalue weighted by Crippen LogP contribution is -2.38. The molecule has 2 bridgehead atoms. The minimum absolute atomic E-state index is 0.464. The summed E-state index contributed by atoms with van der Waals surface area (Å²) in [6.07, 6.45) is 2.48. The third-order valence-corrected chi connectivity index (χ3v) is 3.77. The van der Waals surface area contributed by atoms with Gasteiger partial charge in [-0.2, -0.15) is 0 Å². The summed E-state index contributed by atoms with van der Waals surface area (Å²) in [6, 6.07) is 4.43. The topological polar surface area (TPSA) is 32.3 Å². The Morgan fingerprint density at radius 1 is 1.06 bits per heavy atom. The van der Waals surface area contributed by atoms with E-state index in [1.54, 1.807) is 0 Å². The van der Waals surface area contributed by atoms with Crippen LogP contribution in [0.25, 0.3) is 0 Å². The molecule has 0 unspecified atom stereocenters. The van der Waals surface area contributed by atoms with Crippen molar-refractivity contribution in [3.63, 3.8) is 0 Å². The summed E-state index contributed by atoms with van der Waals surface area (Å²) in [5.41, 5.74) is 0. The van der Waals surface area contributed by atoms with Crippen molar-refractivity contribution in [2.24, 2.45) is 0 Å². The van der Waals surface area contributed by atoms with Crippen LogP contribution >= 0.6 is 11.6 Å². The van der Waals surface area contributed by atoms with Gasteiger partial charge in [0.05, 0.1) is 0 Å². The summed E-state index contributed by atoms with van der Waals surface area (Å²) in [4.78, 5) is 4.91. The number of hydrogen-bond donors (Lipinski definition) is 0. The van der Waals surface area contributed by atoms with Crippen molar-refractivity contribution in [3.8, 4) is 0 Å². The highest BCUT2D eigenvalue weighted by Crippen LogP contribution is 2.25. The average Bonchev–Trinajstić information content (AvgIpc) is 2.64. The molecule has 0 amide bonds. The van der Waals surface area contributed by atoms with Crippen LogP contribution in [0.3, 0.4) is 0 Å². The van der Waals surface area contributed by atoms with Crippen molar-refractivity contribution < 1.29 is 0 Å². The number of anilines is 1. The smallest absolute Gasteiger partial charge is 0.151 e. The van der Waals surface area contributed by atoms with E-state index in [1.165, 1.54) is 25.9 Å². The Labute approximate surface area is 100 Å². The number of piperidine rings is 1. The number of halogens is 1. The Morgan fingerprint density at radius 2 is 1.88 bits per heavy atom. The molecule has 0 saturated carbocycles. The standard InChI is InChI=1S/C11H15ClN4/c12-10-1-2-11(14-13-10)16-8-7-15-5-3-9(16)4-6-15/h1-2,9H,3-8H2. The third kappa shape index (κ3) is 1.87. The molecule has 0 spiro atoms. The van der Waals surface area contributed by atoms with Crippen molar-refractivity contribution in [3.05, 3.63) is 17.3 Å². The van der Waals surface area contributed by atoms with Crippen LogP contribution in [0.5, 0.6) is 0 Å². The minimum Gasteiger partial charge on any atom is -0.351 e. The lowest BCUT2D eigenvalue weighted by atomic mass is 10.1. The van der Waals surface area contributed by atoms with E-state index in [9.17, 15) is 0 Å². The summed E-state index contributed by atoms with van der Waals surface area (Å²) in [5, 5.41) is 8.58. The van der Waals surface area contributed by atoms with E-state index in [4.69, 9.17) is 11.6 Å². The predicted molar refractivity (Wildman–Crippen MR) is 63.9 cm³/mol. The number of hydrogen-bond acceptors (Lipinski definition) is 4. The predicted octanol–water partition coefficient (Wildman–Crippen LogP) is 1.41. The number of aromatic nitrogens is 2. The zero-order chi connectivity index (χ0) is 11.0. The molecule has 0 N–H and O–H groups in total. The number of fused-ring (bicyclic) bond motifs is 4. The highest BCUT2D eigenvalue weighted by atomic mass is 35.5. The fourth-order valence-electron chi connectivity index (χ4n) is 2.65. The normalized spacial score (nSPS) is 29.2. The van der Waals surface area contributed by atoms with E-state index >= 15 is 0 Å². The maximum absolute atomic E-state index is 5.76. The molecule has 1 aromatic rings. The highest BCUT2D eigenvalue weighted by molar-refractivity contribution is 6.29. The summed E-state index contributed by atoms with van der Waals surface area (Å²) in [6.45, 7) is 4.64. The molecule has 86 valence electrons. The molecule has 0 atom stereocenters. The molecular formula is C11H15ClN4. The van der Waals surface area contributed by atoms with Crippen LogP contribution in [0.2, 0.25) is 5.15 Å². The Hall–Kier alpha value is -0.870. The zero-order valence-corrected chi connectivity index (χ0v) is 9.90. The molecule has 3 fully saturated rings. The molecule has 4 heterocycles. The molecule has 4 nitrogen and oxygen atoms in total. The molecular weight excluding hydrogens is 224 g/mol. The molecule has 0 aromatic carbocycles. The van der Waals surface area contributed by atoms with E-state index in [0.717, 1.165) is 18.9 Å². The van der Waals surface area contributed by atoms with Crippen molar-refractivity contribution in [1.29, 1.82) is 0 Å². The van der Waals surface area contributed by atoms with Crippen molar-refractivity contribution in [2.45, 2.75) is 18.9 Å². The molecule has 3 saturated heterocycles. The van der Waals surface area contributed by atoms with Gasteiger partial charge in [-0.25, -0.2) is 0 Å². The van der Waals surface area contributed by atoms with Gasteiger partial charge in [0.25, 0.3) is 0 Å². The fraction of sp³-hybridized carbons (Fsp3) is 0.636. The van der Waals surface area contributed by atoms with Gasteiger partial charge in [0.1, 0.15) is 0 Å². The van der Waals surface area contributed by atoms with Gasteiger partial charge in [0.2, 0.25) is 0 Å². The van der Waals surface area contributed by atoms with Crippen LogP contribution in [0.1, 0.15) is 12.8 Å². The first-order valence-electron chi connectivity index (χ1n) is 5.81. The monoisotopic (exact) mass is 238 g/mol. The van der Waals surface area contributed by atoms with Gasteiger partial charge in [-0.05, 0) is 25.0 Å². The Bertz CT molecular complexity index is 359. The van der Waals surface area contributed by atoms with Crippen LogP contribution in [-0.2, 0) is 0 Å². The van der Waals surface area contributed by atoms with Gasteiger partial charge in [0.15, 0.2) is 11.0 Å². The largest absolute Gasteiger partial charge is 0.351 e. The third-order valence-electron chi connectivity index (χ3n) is 3.57. The van der Waals surface area contributed by atoms with Gasteiger partial charge in [-0.1, -0.05) is 11.6 Å². The van der Waals surface area contributed by atoms with Gasteiger partial charge in [0, 0.05) is 32.2 Å². The first-order chi connectivity index (χ1) is 7.83. The molecule has 16 heavy (non-hydrogen) atoms. The van der Waals surface area contributed by atoms with Crippen molar-refractivity contribution in [2.75, 3.05) is 31.1 Å². The summed E-state index contributed by atoms with van der Waals surface area (Å²) >= 11 is 5.76. The SMILES string of the molecule is Clc1ccc(N2CCN3CCC2CC3)nn1. The van der Waals surface area contributed by atoms with Crippen LogP contribution in [0.4, 0.5) is 5.82 Å². The van der Waals surface area contributed by atoms with Crippen LogP contribution in [-0.4, -0.2) is 47.3 Å². The Morgan fingerprint density at radius 3 is 2.56 bits per heavy atom. The van der Waals surface area contributed by atoms with Crippen LogP contribution in [0.15, 0.2) is 12.1 Å². The molecule has 3 aliphatic heterocycles. The van der Waals surface area contributed by atoms with Crippen LogP contribution < -0.4 is 4.90 Å². The molecule has 1 aromatic heterocycles. The van der Waals surface area contributed by atoms with Gasteiger partial charge in [-0.15, -0.1) is 10.2 Å².